The number of rotatable bonds is 4. The van der Waals surface area contributed by atoms with Crippen molar-refractivity contribution in [3.8, 4) is 34.5 Å². The van der Waals surface area contributed by atoms with Crippen LogP contribution in [0.2, 0.25) is 0 Å². The second-order valence-corrected chi connectivity index (χ2v) is 6.45. The lowest BCUT2D eigenvalue weighted by Crippen LogP contribution is -2.31. The number of hydrogen-bond acceptors (Lipinski definition) is 7. The minimum atomic E-state index is -0.563. The van der Waals surface area contributed by atoms with Gasteiger partial charge in [-0.05, 0) is 44.2 Å². The van der Waals surface area contributed by atoms with Crippen molar-refractivity contribution < 1.29 is 9.26 Å². The van der Waals surface area contributed by atoms with E-state index in [-0.39, 0.29) is 17.3 Å². The third-order valence-corrected chi connectivity index (χ3v) is 4.54. The maximum Gasteiger partial charge on any atom is 0.328 e. The van der Waals surface area contributed by atoms with E-state index in [9.17, 15) is 9.59 Å². The molecule has 1 N–H and O–H groups in total. The third kappa shape index (κ3) is 3.45. The van der Waals surface area contributed by atoms with Crippen molar-refractivity contribution in [2.45, 2.75) is 13.8 Å². The summed E-state index contributed by atoms with van der Waals surface area (Å²) in [7, 11) is 1.56. The van der Waals surface area contributed by atoms with Crippen molar-refractivity contribution in [3.05, 3.63) is 74.7 Å². The Bertz CT molecular complexity index is 1300. The molecule has 0 unspecified atom stereocenters. The number of aryl methyl sites for hydroxylation is 1. The average molecular weight is 391 g/mol. The third-order valence-electron chi connectivity index (χ3n) is 4.54. The molecule has 4 rings (SSSR count). The van der Waals surface area contributed by atoms with E-state index in [2.05, 4.69) is 20.1 Å². The Hall–Kier alpha value is -4.01. The van der Waals surface area contributed by atoms with Crippen molar-refractivity contribution in [2.24, 2.45) is 7.05 Å². The van der Waals surface area contributed by atoms with Crippen molar-refractivity contribution in [2.75, 3.05) is 0 Å². The molecule has 0 bridgehead atoms. The van der Waals surface area contributed by atoms with Crippen LogP contribution in [-0.2, 0) is 7.05 Å². The van der Waals surface area contributed by atoms with Crippen LogP contribution >= 0.6 is 0 Å². The molecule has 0 radical (unpaired) electrons. The highest BCUT2D eigenvalue weighted by atomic mass is 16.5. The molecule has 146 valence electrons. The molecule has 4 aromatic rings. The Labute approximate surface area is 164 Å². The van der Waals surface area contributed by atoms with Crippen molar-refractivity contribution in [1.29, 1.82) is 0 Å². The van der Waals surface area contributed by atoms with Gasteiger partial charge in [-0.3, -0.25) is 9.78 Å². The molecule has 0 aliphatic heterocycles. The molecule has 0 saturated carbocycles. The van der Waals surface area contributed by atoms with Gasteiger partial charge in [-0.2, -0.15) is 4.98 Å². The molecular weight excluding hydrogens is 374 g/mol. The lowest BCUT2D eigenvalue weighted by atomic mass is 10.2. The van der Waals surface area contributed by atoms with Crippen LogP contribution in [0.25, 0.3) is 22.8 Å². The molecule has 0 atom stereocenters. The van der Waals surface area contributed by atoms with E-state index in [1.807, 2.05) is 19.1 Å². The molecular formula is C20H17N5O4. The Morgan fingerprint density at radius 3 is 2.59 bits per heavy atom. The van der Waals surface area contributed by atoms with Gasteiger partial charge < -0.3 is 13.8 Å². The Morgan fingerprint density at radius 2 is 1.86 bits per heavy atom. The van der Waals surface area contributed by atoms with Gasteiger partial charge in [0.2, 0.25) is 11.7 Å². The van der Waals surface area contributed by atoms with Crippen LogP contribution in [0, 0.1) is 13.8 Å². The minimum Gasteiger partial charge on any atom is -0.439 e. The normalized spacial score (nSPS) is 10.9. The predicted octanol–water partition coefficient (Wildman–Crippen LogP) is 2.59. The highest BCUT2D eigenvalue weighted by Gasteiger charge is 2.18. The highest BCUT2D eigenvalue weighted by molar-refractivity contribution is 5.61. The molecule has 0 aliphatic rings. The first-order valence-corrected chi connectivity index (χ1v) is 8.78. The van der Waals surface area contributed by atoms with Crippen LogP contribution < -0.4 is 16.0 Å². The van der Waals surface area contributed by atoms with Gasteiger partial charge >= 0.3 is 5.69 Å². The summed E-state index contributed by atoms with van der Waals surface area (Å²) in [5.41, 5.74) is 1.16. The van der Waals surface area contributed by atoms with E-state index in [4.69, 9.17) is 9.26 Å². The summed E-state index contributed by atoms with van der Waals surface area (Å²) >= 11 is 0. The Balaban J connectivity index is 1.63. The number of nitrogens with one attached hydrogen (secondary N) is 1. The second kappa shape index (κ2) is 7.19. The number of aromatic nitrogens is 5. The van der Waals surface area contributed by atoms with Crippen molar-refractivity contribution in [3.63, 3.8) is 0 Å². The Kier molecular flexibility index (Phi) is 4.55. The predicted molar refractivity (Wildman–Crippen MR) is 105 cm³/mol. The molecule has 29 heavy (non-hydrogen) atoms. The zero-order chi connectivity index (χ0) is 20.5. The van der Waals surface area contributed by atoms with Crippen LogP contribution in [0.3, 0.4) is 0 Å². The summed E-state index contributed by atoms with van der Waals surface area (Å²) in [4.78, 5) is 34.6. The molecule has 0 aliphatic carbocycles. The fourth-order valence-electron chi connectivity index (χ4n) is 2.79. The van der Waals surface area contributed by atoms with Gasteiger partial charge in [-0.1, -0.05) is 11.2 Å². The zero-order valence-corrected chi connectivity index (χ0v) is 16.0. The standard InChI is InChI=1S/C20H17N5O4/c1-11-5-4-10-21-18(11)28-14-8-6-13(7-9-14)19-22-16(24-29-19)15-12(2)25(3)20(27)23-17(15)26/h4-10H,1-3H3,(H,23,26,27). The van der Waals surface area contributed by atoms with Crippen LogP contribution in [0.1, 0.15) is 11.3 Å². The van der Waals surface area contributed by atoms with Gasteiger partial charge in [0.1, 0.15) is 11.3 Å². The average Bonchev–Trinajstić information content (AvgIpc) is 3.18. The molecule has 0 fully saturated rings. The zero-order valence-electron chi connectivity index (χ0n) is 16.0. The maximum absolute atomic E-state index is 12.2. The number of hydrogen-bond donors (Lipinski definition) is 1. The van der Waals surface area contributed by atoms with Gasteiger partial charge in [0.25, 0.3) is 11.4 Å². The summed E-state index contributed by atoms with van der Waals surface area (Å²) in [5, 5.41) is 3.89. The van der Waals surface area contributed by atoms with Crippen LogP contribution in [0.5, 0.6) is 11.6 Å². The van der Waals surface area contributed by atoms with E-state index in [0.29, 0.717) is 22.9 Å². The van der Waals surface area contributed by atoms with Gasteiger partial charge in [0.05, 0.1) is 0 Å². The summed E-state index contributed by atoms with van der Waals surface area (Å²) in [6.45, 7) is 3.56. The van der Waals surface area contributed by atoms with Crippen molar-refractivity contribution >= 4 is 0 Å². The number of benzene rings is 1. The van der Waals surface area contributed by atoms with Crippen LogP contribution in [0.4, 0.5) is 0 Å². The number of ether oxygens (including phenoxy) is 1. The van der Waals surface area contributed by atoms with Gasteiger partial charge in [-0.15, -0.1) is 0 Å². The first kappa shape index (κ1) is 18.4. The first-order valence-electron chi connectivity index (χ1n) is 8.78. The number of nitrogens with zero attached hydrogens (tertiary/aromatic N) is 4. The van der Waals surface area contributed by atoms with E-state index in [1.54, 1.807) is 44.4 Å². The van der Waals surface area contributed by atoms with E-state index in [1.165, 1.54) is 4.57 Å². The Morgan fingerprint density at radius 1 is 1.10 bits per heavy atom. The molecule has 0 spiro atoms. The van der Waals surface area contributed by atoms with E-state index < -0.39 is 11.2 Å². The topological polar surface area (TPSA) is 116 Å². The molecule has 0 amide bonds. The molecule has 1 aromatic carbocycles. The monoisotopic (exact) mass is 391 g/mol. The highest BCUT2D eigenvalue weighted by Crippen LogP contribution is 2.26. The maximum atomic E-state index is 12.2. The lowest BCUT2D eigenvalue weighted by Gasteiger charge is -2.07. The SMILES string of the molecule is Cc1cccnc1Oc1ccc(-c2nc(-c3c(C)n(C)c(=O)[nH]c3=O)no2)cc1. The smallest absolute Gasteiger partial charge is 0.328 e. The number of H-pyrrole nitrogens is 1. The number of aromatic amines is 1. The molecule has 3 aromatic heterocycles. The summed E-state index contributed by atoms with van der Waals surface area (Å²) in [6, 6.07) is 10.8. The fourth-order valence-corrected chi connectivity index (χ4v) is 2.79. The van der Waals surface area contributed by atoms with Gasteiger partial charge in [0.15, 0.2) is 0 Å². The fraction of sp³-hybridized carbons (Fsp3) is 0.150. The van der Waals surface area contributed by atoms with Gasteiger partial charge in [-0.25, -0.2) is 9.78 Å². The summed E-state index contributed by atoms with van der Waals surface area (Å²) < 4.78 is 12.4. The molecule has 3 heterocycles. The molecule has 9 heteroatoms. The first-order chi connectivity index (χ1) is 13.9. The second-order valence-electron chi connectivity index (χ2n) is 6.45. The van der Waals surface area contributed by atoms with Crippen LogP contribution in [-0.4, -0.2) is 24.7 Å². The van der Waals surface area contributed by atoms with E-state index >= 15 is 0 Å². The van der Waals surface area contributed by atoms with Crippen molar-refractivity contribution in [1.82, 2.24) is 24.7 Å². The minimum absolute atomic E-state index is 0.110. The quantitative estimate of drug-likeness (QED) is 0.568. The van der Waals surface area contributed by atoms with E-state index in [0.717, 1.165) is 5.56 Å². The van der Waals surface area contributed by atoms with Crippen LogP contribution in [0.15, 0.2) is 56.7 Å². The summed E-state index contributed by atoms with van der Waals surface area (Å²) in [6.07, 6.45) is 1.67. The number of pyridine rings is 1. The molecule has 0 saturated heterocycles. The lowest BCUT2D eigenvalue weighted by molar-refractivity contribution is 0.431. The largest absolute Gasteiger partial charge is 0.439 e. The van der Waals surface area contributed by atoms with Gasteiger partial charge in [0, 0.05) is 30.1 Å². The summed E-state index contributed by atoms with van der Waals surface area (Å²) in [5.74, 6) is 1.50. The molecule has 9 nitrogen and oxygen atoms in total.